The molecule has 33 heavy (non-hydrogen) atoms. The molecule has 0 saturated heterocycles. The van der Waals surface area contributed by atoms with Gasteiger partial charge in [0.25, 0.3) is 0 Å². The molecule has 2 aromatic carbocycles. The number of rotatable bonds is 9. The zero-order valence-corrected chi connectivity index (χ0v) is 20.9. The molecule has 4 rings (SSSR count). The molecule has 1 fully saturated rings. The number of carbonyl (C=O) groups is 2. The van der Waals surface area contributed by atoms with Crippen LogP contribution < -0.4 is 0 Å². The van der Waals surface area contributed by atoms with Gasteiger partial charge in [0.1, 0.15) is 10.9 Å². The quantitative estimate of drug-likeness (QED) is 0.340. The molecule has 1 N–H and O–H groups in total. The van der Waals surface area contributed by atoms with Crippen LogP contribution in [-0.4, -0.2) is 31.2 Å². The summed E-state index contributed by atoms with van der Waals surface area (Å²) in [6.07, 6.45) is 4.03. The minimum Gasteiger partial charge on any atom is -0.481 e. The number of carboxylic acid groups (broad SMARTS) is 1. The van der Waals surface area contributed by atoms with E-state index in [1.165, 1.54) is 35.6 Å². The summed E-state index contributed by atoms with van der Waals surface area (Å²) >= 11 is 7.91. The number of halogens is 1. The number of thioether (sulfide) groups is 1. The third-order valence-electron chi connectivity index (χ3n) is 6.42. The van der Waals surface area contributed by atoms with Crippen LogP contribution in [-0.2, 0) is 9.59 Å². The van der Waals surface area contributed by atoms with E-state index in [1.807, 2.05) is 38.3 Å². The third kappa shape index (κ3) is 4.82. The van der Waals surface area contributed by atoms with Gasteiger partial charge in [0.15, 0.2) is 5.16 Å². The number of fused-ring (bicyclic) bond motifs is 1. The Kier molecular flexibility index (Phi) is 6.61. The van der Waals surface area contributed by atoms with Gasteiger partial charge in [0, 0.05) is 11.8 Å². The highest BCUT2D eigenvalue weighted by molar-refractivity contribution is 8.01. The summed E-state index contributed by atoms with van der Waals surface area (Å²) in [5, 5.41) is 12.9. The number of benzene rings is 2. The lowest BCUT2D eigenvalue weighted by Crippen LogP contribution is -2.33. The van der Waals surface area contributed by atoms with Crippen molar-refractivity contribution in [1.29, 1.82) is 0 Å². The molecule has 0 amide bonds. The first kappa shape index (κ1) is 23.8. The van der Waals surface area contributed by atoms with Crippen molar-refractivity contribution in [3.63, 3.8) is 0 Å². The van der Waals surface area contributed by atoms with Crippen LogP contribution in [0.3, 0.4) is 0 Å². The molecule has 3 aromatic rings. The van der Waals surface area contributed by atoms with Crippen LogP contribution in [0, 0.1) is 11.8 Å². The molecule has 5 nitrogen and oxygen atoms in total. The van der Waals surface area contributed by atoms with Crippen molar-refractivity contribution in [2.75, 3.05) is 0 Å². The van der Waals surface area contributed by atoms with Crippen LogP contribution in [0.4, 0.5) is 0 Å². The minimum atomic E-state index is -0.939. The highest BCUT2D eigenvalue weighted by Gasteiger charge is 2.36. The smallest absolute Gasteiger partial charge is 0.307 e. The number of aromatic nitrogens is 2. The maximum Gasteiger partial charge on any atom is 0.307 e. The van der Waals surface area contributed by atoms with E-state index >= 15 is 0 Å². The van der Waals surface area contributed by atoms with E-state index in [4.69, 9.17) is 11.6 Å². The molecule has 1 unspecified atom stereocenters. The van der Waals surface area contributed by atoms with E-state index in [2.05, 4.69) is 35.3 Å². The molecule has 0 spiro atoms. The fraction of sp³-hybridized carbons (Fsp3) is 0.423. The summed E-state index contributed by atoms with van der Waals surface area (Å²) in [6, 6.07) is 12.6. The van der Waals surface area contributed by atoms with Crippen LogP contribution in [0.5, 0.6) is 0 Å². The van der Waals surface area contributed by atoms with E-state index in [0.29, 0.717) is 16.2 Å². The monoisotopic (exact) mass is 484 g/mol. The molecular weight excluding hydrogens is 456 g/mol. The molecule has 174 valence electrons. The van der Waals surface area contributed by atoms with Crippen molar-refractivity contribution in [3.8, 4) is 5.69 Å². The Balaban J connectivity index is 1.69. The van der Waals surface area contributed by atoms with Crippen LogP contribution in [0.15, 0.2) is 47.8 Å². The molecule has 0 radical (unpaired) electrons. The fourth-order valence-corrected chi connectivity index (χ4v) is 5.51. The SMILES string of the molecule is CC(C)C(CC(=O)C(C)(C)Sc1ncc(Cl)n1-c1ccc(C2CC2)c2ccccc12)C(=O)O. The van der Waals surface area contributed by atoms with Crippen molar-refractivity contribution >= 4 is 45.9 Å². The Labute approximate surface area is 203 Å². The second kappa shape index (κ2) is 9.15. The average molecular weight is 485 g/mol. The number of nitrogens with zero attached hydrogens (tertiary/aromatic N) is 2. The Bertz CT molecular complexity index is 1210. The lowest BCUT2D eigenvalue weighted by molar-refractivity contribution is -0.145. The summed E-state index contributed by atoms with van der Waals surface area (Å²) in [6.45, 7) is 7.30. The molecule has 1 aromatic heterocycles. The van der Waals surface area contributed by atoms with E-state index in [0.717, 1.165) is 11.1 Å². The highest BCUT2D eigenvalue weighted by atomic mass is 35.5. The number of imidazole rings is 1. The Hall–Kier alpha value is -2.31. The predicted molar refractivity (Wildman–Crippen MR) is 134 cm³/mol. The Morgan fingerprint density at radius 2 is 1.85 bits per heavy atom. The van der Waals surface area contributed by atoms with Gasteiger partial charge in [0.2, 0.25) is 0 Å². The summed E-state index contributed by atoms with van der Waals surface area (Å²) in [5.41, 5.74) is 2.29. The van der Waals surface area contributed by atoms with E-state index < -0.39 is 16.6 Å². The molecule has 1 atom stereocenters. The summed E-state index contributed by atoms with van der Waals surface area (Å²) in [5.74, 6) is -1.27. The van der Waals surface area contributed by atoms with E-state index in [-0.39, 0.29) is 18.1 Å². The van der Waals surface area contributed by atoms with Crippen molar-refractivity contribution in [1.82, 2.24) is 9.55 Å². The first-order valence-electron chi connectivity index (χ1n) is 11.3. The number of ketones is 1. The molecule has 0 bridgehead atoms. The first-order valence-corrected chi connectivity index (χ1v) is 12.5. The molecule has 1 saturated carbocycles. The second-order valence-electron chi connectivity index (χ2n) is 9.62. The maximum atomic E-state index is 13.1. The van der Waals surface area contributed by atoms with E-state index in [1.54, 1.807) is 6.20 Å². The number of carboxylic acids is 1. The third-order valence-corrected chi connectivity index (χ3v) is 7.90. The van der Waals surface area contributed by atoms with Gasteiger partial charge in [-0.25, -0.2) is 4.98 Å². The van der Waals surface area contributed by atoms with Crippen molar-refractivity contribution in [3.05, 3.63) is 53.3 Å². The largest absolute Gasteiger partial charge is 0.481 e. The zero-order chi connectivity index (χ0) is 23.9. The van der Waals surface area contributed by atoms with Crippen LogP contribution in [0.25, 0.3) is 16.5 Å². The lowest BCUT2D eigenvalue weighted by atomic mass is 9.88. The topological polar surface area (TPSA) is 72.2 Å². The fourth-order valence-electron chi connectivity index (χ4n) is 4.20. The van der Waals surface area contributed by atoms with Gasteiger partial charge in [0.05, 0.1) is 22.5 Å². The zero-order valence-electron chi connectivity index (χ0n) is 19.3. The molecular formula is C26H29ClN2O3S. The second-order valence-corrected chi connectivity index (χ2v) is 11.6. The van der Waals surface area contributed by atoms with Gasteiger partial charge >= 0.3 is 5.97 Å². The first-order chi connectivity index (χ1) is 15.6. The summed E-state index contributed by atoms with van der Waals surface area (Å²) in [7, 11) is 0. The summed E-state index contributed by atoms with van der Waals surface area (Å²) in [4.78, 5) is 29.3. The normalized spacial score (nSPS) is 15.2. The van der Waals surface area contributed by atoms with Gasteiger partial charge in [-0.3, -0.25) is 14.2 Å². The van der Waals surface area contributed by atoms with E-state index in [9.17, 15) is 14.7 Å². The van der Waals surface area contributed by atoms with Gasteiger partial charge in [-0.15, -0.1) is 0 Å². The van der Waals surface area contributed by atoms with Gasteiger partial charge < -0.3 is 5.11 Å². The average Bonchev–Trinajstić information content (AvgIpc) is 3.54. The molecule has 0 aliphatic heterocycles. The molecule has 1 aliphatic rings. The van der Waals surface area contributed by atoms with Crippen LogP contribution in [0.2, 0.25) is 5.15 Å². The number of aliphatic carboxylic acids is 1. The Morgan fingerprint density at radius 1 is 1.18 bits per heavy atom. The summed E-state index contributed by atoms with van der Waals surface area (Å²) < 4.78 is 1.02. The molecule has 1 heterocycles. The lowest BCUT2D eigenvalue weighted by Gasteiger charge is -2.25. The highest BCUT2D eigenvalue weighted by Crippen LogP contribution is 2.45. The minimum absolute atomic E-state index is 0.0134. The van der Waals surface area contributed by atoms with Crippen molar-refractivity contribution in [2.45, 2.75) is 62.8 Å². The number of hydrogen-bond acceptors (Lipinski definition) is 4. The standard InChI is InChI=1S/C26H29ClN2O3S/c1-15(2)20(24(31)32)13-22(30)26(3,4)33-25-28-14-23(27)29(25)21-12-11-17(16-9-10-16)18-7-5-6-8-19(18)21/h5-8,11-12,14-16,20H,9-10,13H2,1-4H3,(H,31,32). The molecule has 7 heteroatoms. The van der Waals surface area contributed by atoms with Crippen molar-refractivity contribution in [2.24, 2.45) is 11.8 Å². The maximum absolute atomic E-state index is 13.1. The van der Waals surface area contributed by atoms with Crippen LogP contribution in [0.1, 0.15) is 58.4 Å². The van der Waals surface area contributed by atoms with Crippen molar-refractivity contribution < 1.29 is 14.7 Å². The molecule has 1 aliphatic carbocycles. The van der Waals surface area contributed by atoms with Gasteiger partial charge in [-0.2, -0.15) is 0 Å². The van der Waals surface area contributed by atoms with Gasteiger partial charge in [-0.1, -0.05) is 67.5 Å². The Morgan fingerprint density at radius 3 is 2.45 bits per heavy atom. The number of carbonyl (C=O) groups excluding carboxylic acids is 1. The predicted octanol–water partition coefficient (Wildman–Crippen LogP) is 6.74. The van der Waals surface area contributed by atoms with Gasteiger partial charge in [-0.05, 0) is 55.5 Å². The number of Topliss-reactive ketones (excluding diaryl/α,β-unsaturated/α-hetero) is 1. The number of hydrogen-bond donors (Lipinski definition) is 1. The van der Waals surface area contributed by atoms with Crippen LogP contribution >= 0.6 is 23.4 Å².